The number of methoxy groups -OCH3 is 1. The normalized spacial score (nSPS) is 12.3. The van der Waals surface area contributed by atoms with Crippen LogP contribution >= 0.6 is 0 Å². The molecule has 0 saturated heterocycles. The van der Waals surface area contributed by atoms with Crippen molar-refractivity contribution in [3.05, 3.63) is 66.0 Å². The van der Waals surface area contributed by atoms with Gasteiger partial charge in [-0.05, 0) is 29.8 Å². The molecule has 1 atom stereocenters. The Morgan fingerprint density at radius 2 is 1.70 bits per heavy atom. The third-order valence-electron chi connectivity index (χ3n) is 3.26. The smallest absolute Gasteiger partial charge is 0.219 e. The van der Waals surface area contributed by atoms with E-state index in [0.717, 1.165) is 16.5 Å². The molecule has 1 unspecified atom stereocenters. The Balaban J connectivity index is 2.15. The first-order chi connectivity index (χ1) is 9.81. The van der Waals surface area contributed by atoms with Crippen molar-refractivity contribution in [2.45, 2.75) is 6.10 Å². The van der Waals surface area contributed by atoms with Crippen molar-refractivity contribution in [3.8, 4) is 5.88 Å². The number of aromatic nitrogens is 2. The molecular weight excluding hydrogens is 252 g/mol. The van der Waals surface area contributed by atoms with Crippen molar-refractivity contribution in [3.63, 3.8) is 0 Å². The molecule has 3 rings (SSSR count). The summed E-state index contributed by atoms with van der Waals surface area (Å²) in [5.74, 6) is 0.431. The van der Waals surface area contributed by atoms with Crippen LogP contribution in [0.3, 0.4) is 0 Å². The molecule has 0 saturated carbocycles. The number of aliphatic hydroxyl groups is 1. The first kappa shape index (κ1) is 12.6. The van der Waals surface area contributed by atoms with E-state index < -0.39 is 6.10 Å². The molecule has 0 fully saturated rings. The number of benzene rings is 1. The largest absolute Gasteiger partial charge is 0.481 e. The van der Waals surface area contributed by atoms with Gasteiger partial charge in [0.05, 0.1) is 12.6 Å². The Kier molecular flexibility index (Phi) is 3.31. The number of hydrogen-bond acceptors (Lipinski definition) is 4. The molecule has 0 radical (unpaired) electrons. The predicted molar refractivity (Wildman–Crippen MR) is 76.6 cm³/mol. The van der Waals surface area contributed by atoms with E-state index in [-0.39, 0.29) is 0 Å². The van der Waals surface area contributed by atoms with Gasteiger partial charge in [0.1, 0.15) is 6.10 Å². The number of rotatable bonds is 3. The van der Waals surface area contributed by atoms with Crippen LogP contribution < -0.4 is 4.74 Å². The van der Waals surface area contributed by atoms with Crippen LogP contribution in [0.1, 0.15) is 17.2 Å². The molecule has 2 heterocycles. The van der Waals surface area contributed by atoms with E-state index in [2.05, 4.69) is 9.97 Å². The quantitative estimate of drug-likeness (QED) is 0.792. The fourth-order valence-electron chi connectivity index (χ4n) is 2.32. The highest BCUT2D eigenvalue weighted by Gasteiger charge is 2.18. The van der Waals surface area contributed by atoms with Crippen LogP contribution in [0.25, 0.3) is 10.9 Å². The summed E-state index contributed by atoms with van der Waals surface area (Å²) in [7, 11) is 1.54. The van der Waals surface area contributed by atoms with Gasteiger partial charge in [-0.3, -0.25) is 4.98 Å². The first-order valence-electron chi connectivity index (χ1n) is 6.32. The molecule has 0 aliphatic heterocycles. The van der Waals surface area contributed by atoms with Crippen molar-refractivity contribution < 1.29 is 9.84 Å². The van der Waals surface area contributed by atoms with E-state index in [0.29, 0.717) is 11.4 Å². The molecule has 2 aromatic heterocycles. The third-order valence-corrected chi connectivity index (χ3v) is 3.26. The van der Waals surface area contributed by atoms with Crippen molar-refractivity contribution in [1.29, 1.82) is 0 Å². The Morgan fingerprint density at radius 3 is 2.55 bits per heavy atom. The predicted octanol–water partition coefficient (Wildman–Crippen LogP) is 2.72. The first-order valence-corrected chi connectivity index (χ1v) is 6.32. The molecule has 20 heavy (non-hydrogen) atoms. The number of ether oxygens (including phenoxy) is 1. The molecule has 1 N–H and O–H groups in total. The lowest BCUT2D eigenvalue weighted by molar-refractivity contribution is 0.215. The van der Waals surface area contributed by atoms with E-state index in [9.17, 15) is 5.11 Å². The van der Waals surface area contributed by atoms with Gasteiger partial charge >= 0.3 is 0 Å². The molecule has 4 nitrogen and oxygen atoms in total. The number of nitrogens with zero attached hydrogens (tertiary/aromatic N) is 2. The Labute approximate surface area is 116 Å². The third kappa shape index (κ3) is 2.10. The summed E-state index contributed by atoms with van der Waals surface area (Å²) in [6.45, 7) is 0. The second-order valence-corrected chi connectivity index (χ2v) is 4.42. The van der Waals surface area contributed by atoms with Gasteiger partial charge < -0.3 is 9.84 Å². The van der Waals surface area contributed by atoms with Crippen LogP contribution in [0.5, 0.6) is 5.88 Å². The summed E-state index contributed by atoms with van der Waals surface area (Å²) in [5.41, 5.74) is 2.29. The van der Waals surface area contributed by atoms with Crippen LogP contribution in [-0.4, -0.2) is 22.2 Å². The van der Waals surface area contributed by atoms with Crippen LogP contribution in [0.15, 0.2) is 54.9 Å². The zero-order valence-electron chi connectivity index (χ0n) is 11.0. The molecule has 100 valence electrons. The monoisotopic (exact) mass is 266 g/mol. The molecule has 0 aliphatic carbocycles. The van der Waals surface area contributed by atoms with E-state index in [1.54, 1.807) is 25.6 Å². The van der Waals surface area contributed by atoms with Crippen molar-refractivity contribution >= 4 is 10.9 Å². The van der Waals surface area contributed by atoms with Gasteiger partial charge in [0, 0.05) is 23.3 Å². The maximum Gasteiger partial charge on any atom is 0.219 e. The fraction of sp³-hybridized carbons (Fsp3) is 0.125. The maximum atomic E-state index is 10.7. The summed E-state index contributed by atoms with van der Waals surface area (Å²) in [4.78, 5) is 8.43. The molecule has 0 amide bonds. The van der Waals surface area contributed by atoms with Gasteiger partial charge in [0.2, 0.25) is 5.88 Å². The minimum atomic E-state index is -0.799. The average Bonchev–Trinajstić information content (AvgIpc) is 2.53. The molecule has 4 heteroatoms. The van der Waals surface area contributed by atoms with Gasteiger partial charge in [-0.1, -0.05) is 18.2 Å². The SMILES string of the molecule is COc1ncccc1C(O)c1cccc2ncccc12. The highest BCUT2D eigenvalue weighted by atomic mass is 16.5. The maximum absolute atomic E-state index is 10.7. The van der Waals surface area contributed by atoms with Gasteiger partial charge in [0.25, 0.3) is 0 Å². The summed E-state index contributed by atoms with van der Waals surface area (Å²) >= 11 is 0. The van der Waals surface area contributed by atoms with Crippen molar-refractivity contribution in [2.75, 3.05) is 7.11 Å². The summed E-state index contributed by atoms with van der Waals surface area (Å²) in [6, 6.07) is 13.1. The van der Waals surface area contributed by atoms with Crippen molar-refractivity contribution in [1.82, 2.24) is 9.97 Å². The molecule has 0 bridgehead atoms. The Bertz CT molecular complexity index is 738. The lowest BCUT2D eigenvalue weighted by Crippen LogP contribution is -2.04. The minimum absolute atomic E-state index is 0.431. The second kappa shape index (κ2) is 5.27. The molecule has 1 aromatic carbocycles. The molecular formula is C16H14N2O2. The molecule has 0 spiro atoms. The summed E-state index contributed by atoms with van der Waals surface area (Å²) in [5, 5.41) is 11.6. The van der Waals surface area contributed by atoms with E-state index in [1.165, 1.54) is 0 Å². The standard InChI is InChI=1S/C16H14N2O2/c1-20-16-13(7-4-10-18-16)15(19)12-5-2-8-14-11(12)6-3-9-17-14/h2-10,15,19H,1H3. The zero-order valence-corrected chi connectivity index (χ0v) is 11.0. The minimum Gasteiger partial charge on any atom is -0.481 e. The van der Waals surface area contributed by atoms with Crippen LogP contribution in [-0.2, 0) is 0 Å². The fourth-order valence-corrected chi connectivity index (χ4v) is 2.32. The van der Waals surface area contributed by atoms with E-state index >= 15 is 0 Å². The lowest BCUT2D eigenvalue weighted by Gasteiger charge is -2.15. The zero-order chi connectivity index (χ0) is 13.9. The van der Waals surface area contributed by atoms with Crippen LogP contribution in [0.4, 0.5) is 0 Å². The number of fused-ring (bicyclic) bond motifs is 1. The molecule has 0 aliphatic rings. The lowest BCUT2D eigenvalue weighted by atomic mass is 9.98. The van der Waals surface area contributed by atoms with Gasteiger partial charge in [0.15, 0.2) is 0 Å². The van der Waals surface area contributed by atoms with E-state index in [4.69, 9.17) is 4.74 Å². The number of hydrogen-bond donors (Lipinski definition) is 1. The van der Waals surface area contributed by atoms with Gasteiger partial charge in [-0.25, -0.2) is 4.98 Å². The van der Waals surface area contributed by atoms with Crippen LogP contribution in [0.2, 0.25) is 0 Å². The molecule has 3 aromatic rings. The van der Waals surface area contributed by atoms with Crippen molar-refractivity contribution in [2.24, 2.45) is 0 Å². The Morgan fingerprint density at radius 1 is 0.950 bits per heavy atom. The Hall–Kier alpha value is -2.46. The van der Waals surface area contributed by atoms with Gasteiger partial charge in [-0.2, -0.15) is 0 Å². The van der Waals surface area contributed by atoms with E-state index in [1.807, 2.05) is 36.4 Å². The topological polar surface area (TPSA) is 55.2 Å². The van der Waals surface area contributed by atoms with Gasteiger partial charge in [-0.15, -0.1) is 0 Å². The number of aliphatic hydroxyl groups excluding tert-OH is 1. The highest BCUT2D eigenvalue weighted by Crippen LogP contribution is 2.31. The number of pyridine rings is 2. The average molecular weight is 266 g/mol. The summed E-state index contributed by atoms with van der Waals surface area (Å²) < 4.78 is 5.21. The highest BCUT2D eigenvalue weighted by molar-refractivity contribution is 5.82. The summed E-state index contributed by atoms with van der Waals surface area (Å²) in [6.07, 6.45) is 2.58. The van der Waals surface area contributed by atoms with Crippen LogP contribution in [0, 0.1) is 0 Å². The second-order valence-electron chi connectivity index (χ2n) is 4.42.